The first-order valence-corrected chi connectivity index (χ1v) is 7.91. The molecule has 1 saturated heterocycles. The molecule has 1 aromatic carbocycles. The molecule has 7 heteroatoms. The largest absolute Gasteiger partial charge is 0.490 e. The van der Waals surface area contributed by atoms with Crippen LogP contribution in [-0.4, -0.2) is 55.3 Å². The van der Waals surface area contributed by atoms with Gasteiger partial charge in [-0.05, 0) is 44.1 Å². The first-order chi connectivity index (χ1) is 9.41. The smallest absolute Gasteiger partial charge is 0.298 e. The first kappa shape index (κ1) is 15.2. The molecule has 6 nitrogen and oxygen atoms in total. The minimum absolute atomic E-state index is 0.0486. The van der Waals surface area contributed by atoms with Gasteiger partial charge in [-0.2, -0.15) is 8.42 Å². The highest BCUT2D eigenvalue weighted by atomic mass is 32.2. The Morgan fingerprint density at radius 3 is 2.60 bits per heavy atom. The first-order valence-electron chi connectivity index (χ1n) is 6.47. The summed E-state index contributed by atoms with van der Waals surface area (Å²) in [6, 6.07) is 4.32. The third-order valence-corrected chi connectivity index (χ3v) is 4.32. The fourth-order valence-electron chi connectivity index (χ4n) is 2.11. The quantitative estimate of drug-likeness (QED) is 0.752. The van der Waals surface area contributed by atoms with Crippen LogP contribution in [0.2, 0.25) is 0 Å². The van der Waals surface area contributed by atoms with E-state index in [1.807, 2.05) is 0 Å². The molecule has 2 N–H and O–H groups in total. The third-order valence-electron chi connectivity index (χ3n) is 3.43. The number of rotatable bonds is 6. The Bertz CT molecular complexity index is 568. The molecule has 2 rings (SSSR count). The Balaban J connectivity index is 2.13. The van der Waals surface area contributed by atoms with Gasteiger partial charge in [0, 0.05) is 0 Å². The molecular weight excluding hydrogens is 282 g/mol. The zero-order chi connectivity index (χ0) is 14.8. The summed E-state index contributed by atoms with van der Waals surface area (Å²) >= 11 is 0. The van der Waals surface area contributed by atoms with Crippen molar-refractivity contribution in [2.45, 2.75) is 24.3 Å². The van der Waals surface area contributed by atoms with Gasteiger partial charge in [0.05, 0.1) is 12.6 Å². The summed E-state index contributed by atoms with van der Waals surface area (Å²) in [5.74, 6) is 0.117. The van der Waals surface area contributed by atoms with Gasteiger partial charge in [0.15, 0.2) is 0 Å². The predicted molar refractivity (Wildman–Crippen MR) is 73.6 cm³/mol. The van der Waals surface area contributed by atoms with Gasteiger partial charge in [0.2, 0.25) is 0 Å². The molecule has 0 radical (unpaired) electrons. The van der Waals surface area contributed by atoms with E-state index in [1.54, 1.807) is 19.1 Å². The van der Waals surface area contributed by atoms with Gasteiger partial charge in [-0.1, -0.05) is 6.07 Å². The number of ether oxygens (including phenoxy) is 1. The van der Waals surface area contributed by atoms with Crippen molar-refractivity contribution in [2.24, 2.45) is 0 Å². The summed E-state index contributed by atoms with van der Waals surface area (Å²) in [6.45, 7) is 3.76. The van der Waals surface area contributed by atoms with Gasteiger partial charge in [-0.15, -0.1) is 0 Å². The summed E-state index contributed by atoms with van der Waals surface area (Å²) < 4.78 is 37.3. The van der Waals surface area contributed by atoms with E-state index in [0.29, 0.717) is 0 Å². The third kappa shape index (κ3) is 3.49. The van der Waals surface area contributed by atoms with Crippen molar-refractivity contribution in [3.63, 3.8) is 0 Å². The van der Waals surface area contributed by atoms with Crippen LogP contribution in [0.25, 0.3) is 0 Å². The summed E-state index contributed by atoms with van der Waals surface area (Å²) in [5.41, 5.74) is 0.830. The minimum Gasteiger partial charge on any atom is -0.490 e. The number of nitrogens with zero attached hydrogens (tertiary/aromatic N) is 1. The molecule has 1 heterocycles. The van der Waals surface area contributed by atoms with Crippen molar-refractivity contribution in [1.29, 1.82) is 0 Å². The normalized spacial score (nSPS) is 17.6. The number of hydrogen-bond donors (Lipinski definition) is 2. The van der Waals surface area contributed by atoms with Crippen LogP contribution in [0.1, 0.15) is 12.0 Å². The highest BCUT2D eigenvalue weighted by molar-refractivity contribution is 7.86. The van der Waals surface area contributed by atoms with Crippen LogP contribution < -0.4 is 4.74 Å². The van der Waals surface area contributed by atoms with E-state index in [4.69, 9.17) is 4.74 Å². The minimum atomic E-state index is -4.32. The molecule has 1 aromatic rings. The number of likely N-dealkylation sites (tertiary alicyclic amines) is 1. The average molecular weight is 301 g/mol. The van der Waals surface area contributed by atoms with E-state index in [1.165, 1.54) is 6.07 Å². The summed E-state index contributed by atoms with van der Waals surface area (Å²) in [6.07, 6.45) is 1.09. The van der Waals surface area contributed by atoms with Crippen molar-refractivity contribution < 1.29 is 22.8 Å². The zero-order valence-corrected chi connectivity index (χ0v) is 12.1. The zero-order valence-electron chi connectivity index (χ0n) is 11.3. The van der Waals surface area contributed by atoms with Crippen molar-refractivity contribution >= 4 is 10.1 Å². The number of aliphatic hydroxyl groups excluding tert-OH is 1. The maximum Gasteiger partial charge on any atom is 0.298 e. The summed E-state index contributed by atoms with van der Waals surface area (Å²) in [5, 5.41) is 9.33. The van der Waals surface area contributed by atoms with Gasteiger partial charge in [0.25, 0.3) is 10.1 Å². The Labute approximate surface area is 118 Å². The molecule has 0 bridgehead atoms. The summed E-state index contributed by atoms with van der Waals surface area (Å²) in [7, 11) is -4.32. The van der Waals surface area contributed by atoms with Gasteiger partial charge in [-0.25, -0.2) is 0 Å². The van der Waals surface area contributed by atoms with Crippen LogP contribution in [0.15, 0.2) is 23.1 Å². The highest BCUT2D eigenvalue weighted by Crippen LogP contribution is 2.25. The fourth-order valence-corrected chi connectivity index (χ4v) is 2.72. The van der Waals surface area contributed by atoms with Crippen molar-refractivity contribution in [3.05, 3.63) is 23.8 Å². The average Bonchev–Trinajstić information content (AvgIpc) is 2.30. The second-order valence-corrected chi connectivity index (χ2v) is 6.35. The van der Waals surface area contributed by atoms with E-state index in [0.717, 1.165) is 25.1 Å². The van der Waals surface area contributed by atoms with Crippen LogP contribution in [0.5, 0.6) is 5.75 Å². The number of aliphatic hydroxyl groups is 1. The number of aryl methyl sites for hydroxylation is 1. The molecule has 1 unspecified atom stereocenters. The maximum absolute atomic E-state index is 11.3. The molecule has 0 aliphatic carbocycles. The van der Waals surface area contributed by atoms with Gasteiger partial charge in [-0.3, -0.25) is 9.45 Å². The predicted octanol–water partition coefficient (Wildman–Crippen LogP) is 0.687. The van der Waals surface area contributed by atoms with Crippen molar-refractivity contribution in [3.8, 4) is 5.75 Å². The SMILES string of the molecule is Cc1ccc(S(=O)(=O)O)c(OCC(CO)N2CCC2)c1. The maximum atomic E-state index is 11.3. The van der Waals surface area contributed by atoms with Crippen LogP contribution in [0.3, 0.4) is 0 Å². The number of hydrogen-bond acceptors (Lipinski definition) is 5. The van der Waals surface area contributed by atoms with Crippen LogP contribution >= 0.6 is 0 Å². The molecular formula is C13H19NO5S. The molecule has 0 amide bonds. The lowest BCUT2D eigenvalue weighted by Crippen LogP contribution is -2.49. The molecule has 1 aliphatic heterocycles. The standard InChI is InChI=1S/C13H19NO5S/c1-10-3-4-13(20(16,17)18)12(7-10)19-9-11(8-15)14-5-2-6-14/h3-4,7,11,15H,2,5-6,8-9H2,1H3,(H,16,17,18). The van der Waals surface area contributed by atoms with Gasteiger partial charge in [0.1, 0.15) is 17.3 Å². The molecule has 1 atom stereocenters. The van der Waals surface area contributed by atoms with Crippen LogP contribution in [-0.2, 0) is 10.1 Å². The lowest BCUT2D eigenvalue weighted by molar-refractivity contribution is 0.0409. The van der Waals surface area contributed by atoms with Crippen molar-refractivity contribution in [1.82, 2.24) is 4.90 Å². The Kier molecular flexibility index (Phi) is 4.64. The summed E-state index contributed by atoms with van der Waals surface area (Å²) in [4.78, 5) is 1.83. The van der Waals surface area contributed by atoms with E-state index >= 15 is 0 Å². The van der Waals surface area contributed by atoms with Crippen molar-refractivity contribution in [2.75, 3.05) is 26.3 Å². The van der Waals surface area contributed by atoms with Crippen LogP contribution in [0.4, 0.5) is 0 Å². The molecule has 1 fully saturated rings. The van der Waals surface area contributed by atoms with Gasteiger partial charge >= 0.3 is 0 Å². The molecule has 0 aromatic heterocycles. The Hall–Kier alpha value is -1.15. The topological polar surface area (TPSA) is 87.1 Å². The highest BCUT2D eigenvalue weighted by Gasteiger charge is 2.25. The molecule has 0 spiro atoms. The molecule has 20 heavy (non-hydrogen) atoms. The molecule has 0 saturated carbocycles. The van der Waals surface area contributed by atoms with Gasteiger partial charge < -0.3 is 9.84 Å². The second kappa shape index (κ2) is 6.09. The molecule has 1 aliphatic rings. The Morgan fingerprint density at radius 1 is 1.40 bits per heavy atom. The number of benzene rings is 1. The van der Waals surface area contributed by atoms with E-state index in [-0.39, 0.29) is 29.9 Å². The lowest BCUT2D eigenvalue weighted by Gasteiger charge is -2.37. The van der Waals surface area contributed by atoms with E-state index in [2.05, 4.69) is 4.90 Å². The lowest BCUT2D eigenvalue weighted by atomic mass is 10.1. The molecule has 112 valence electrons. The van der Waals surface area contributed by atoms with E-state index in [9.17, 15) is 18.1 Å². The fraction of sp³-hybridized carbons (Fsp3) is 0.538. The van der Waals surface area contributed by atoms with E-state index < -0.39 is 10.1 Å². The Morgan fingerprint density at radius 2 is 2.10 bits per heavy atom. The second-order valence-electron chi connectivity index (χ2n) is 4.96. The monoisotopic (exact) mass is 301 g/mol. The van der Waals surface area contributed by atoms with Crippen LogP contribution in [0, 0.1) is 6.92 Å².